The fraction of sp³-hybridized carbons (Fsp3) is 0.500. The molecule has 0 heterocycles. The van der Waals surface area contributed by atoms with Crippen LogP contribution < -0.4 is 11.1 Å². The molecule has 0 aliphatic rings. The molecule has 1 aromatic rings. The summed E-state index contributed by atoms with van der Waals surface area (Å²) in [5.41, 5.74) is 6.64. The van der Waals surface area contributed by atoms with E-state index in [1.165, 1.54) is 5.56 Å². The maximum atomic E-state index is 11.8. The van der Waals surface area contributed by atoms with Crippen LogP contribution in [0.25, 0.3) is 0 Å². The minimum atomic E-state index is -0.458. The summed E-state index contributed by atoms with van der Waals surface area (Å²) >= 11 is 0. The Kier molecular flexibility index (Phi) is 7.68. The number of hydrogen-bond donors (Lipinski definition) is 2. The van der Waals surface area contributed by atoms with Crippen LogP contribution in [0.15, 0.2) is 24.3 Å². The average Bonchev–Trinajstić information content (AvgIpc) is 2.28. The SMILES string of the molecule is CC(C)(C)OC(=O)c1ccc(CCNCN)cc1.Cl. The first-order valence-electron chi connectivity index (χ1n) is 6.15. The van der Waals surface area contributed by atoms with Crippen LogP contribution in [0.1, 0.15) is 36.7 Å². The first kappa shape index (κ1) is 17.9. The highest BCUT2D eigenvalue weighted by atomic mass is 35.5. The van der Waals surface area contributed by atoms with Crippen molar-refractivity contribution in [2.24, 2.45) is 5.73 Å². The molecule has 0 radical (unpaired) electrons. The second-order valence-corrected chi connectivity index (χ2v) is 5.15. The Morgan fingerprint density at radius 1 is 1.26 bits per heavy atom. The first-order valence-corrected chi connectivity index (χ1v) is 6.15. The molecule has 0 saturated carbocycles. The zero-order chi connectivity index (χ0) is 13.6. The molecule has 0 amide bonds. The molecule has 1 aromatic carbocycles. The van der Waals surface area contributed by atoms with Gasteiger partial charge < -0.3 is 15.8 Å². The van der Waals surface area contributed by atoms with Crippen molar-refractivity contribution in [3.05, 3.63) is 35.4 Å². The van der Waals surface area contributed by atoms with Gasteiger partial charge in [-0.25, -0.2) is 4.79 Å². The van der Waals surface area contributed by atoms with E-state index in [-0.39, 0.29) is 18.4 Å². The van der Waals surface area contributed by atoms with E-state index in [1.807, 2.05) is 32.9 Å². The Hall–Kier alpha value is -1.10. The smallest absolute Gasteiger partial charge is 0.338 e. The molecule has 0 aromatic heterocycles. The monoisotopic (exact) mass is 286 g/mol. The van der Waals surface area contributed by atoms with E-state index in [1.54, 1.807) is 12.1 Å². The molecular formula is C14H23ClN2O2. The highest BCUT2D eigenvalue weighted by Gasteiger charge is 2.17. The fourth-order valence-electron chi connectivity index (χ4n) is 1.48. The summed E-state index contributed by atoms with van der Waals surface area (Å²) in [6.07, 6.45) is 0.895. The lowest BCUT2D eigenvalue weighted by molar-refractivity contribution is 0.00695. The Balaban J connectivity index is 0.00000324. The summed E-state index contributed by atoms with van der Waals surface area (Å²) in [5.74, 6) is -0.283. The fourth-order valence-corrected chi connectivity index (χ4v) is 1.48. The summed E-state index contributed by atoms with van der Waals surface area (Å²) in [4.78, 5) is 11.8. The highest BCUT2D eigenvalue weighted by molar-refractivity contribution is 5.89. The second-order valence-electron chi connectivity index (χ2n) is 5.15. The van der Waals surface area contributed by atoms with Gasteiger partial charge in [0.05, 0.1) is 5.56 Å². The molecule has 19 heavy (non-hydrogen) atoms. The number of ether oxygens (including phenoxy) is 1. The Morgan fingerprint density at radius 2 is 1.84 bits per heavy atom. The molecule has 0 spiro atoms. The molecule has 0 atom stereocenters. The number of carbonyl (C=O) groups excluding carboxylic acids is 1. The third-order valence-electron chi connectivity index (χ3n) is 2.32. The number of carbonyl (C=O) groups is 1. The van der Waals surface area contributed by atoms with Crippen LogP contribution in [0.4, 0.5) is 0 Å². The zero-order valence-electron chi connectivity index (χ0n) is 11.7. The molecule has 0 unspecified atom stereocenters. The largest absolute Gasteiger partial charge is 0.456 e. The van der Waals surface area contributed by atoms with E-state index in [0.29, 0.717) is 12.2 Å². The van der Waals surface area contributed by atoms with Crippen LogP contribution in [0, 0.1) is 0 Å². The Labute approximate surface area is 121 Å². The van der Waals surface area contributed by atoms with Gasteiger partial charge in [-0.2, -0.15) is 0 Å². The summed E-state index contributed by atoms with van der Waals surface area (Å²) in [7, 11) is 0. The van der Waals surface area contributed by atoms with Gasteiger partial charge in [-0.15, -0.1) is 12.4 Å². The predicted octanol–water partition coefficient (Wildman–Crippen LogP) is 2.11. The minimum Gasteiger partial charge on any atom is -0.456 e. The van der Waals surface area contributed by atoms with Crippen LogP contribution in [0.5, 0.6) is 0 Å². The molecule has 1 rings (SSSR count). The van der Waals surface area contributed by atoms with E-state index in [0.717, 1.165) is 13.0 Å². The van der Waals surface area contributed by atoms with Gasteiger partial charge in [0.15, 0.2) is 0 Å². The lowest BCUT2D eigenvalue weighted by atomic mass is 10.1. The number of halogens is 1. The molecule has 0 aliphatic carbocycles. The topological polar surface area (TPSA) is 64.3 Å². The maximum absolute atomic E-state index is 11.8. The minimum absolute atomic E-state index is 0. The van der Waals surface area contributed by atoms with Crippen molar-refractivity contribution in [1.29, 1.82) is 0 Å². The van der Waals surface area contributed by atoms with Crippen molar-refractivity contribution in [3.8, 4) is 0 Å². The Bertz CT molecular complexity index is 385. The van der Waals surface area contributed by atoms with Gasteiger partial charge in [0.25, 0.3) is 0 Å². The average molecular weight is 287 g/mol. The third-order valence-corrected chi connectivity index (χ3v) is 2.32. The Morgan fingerprint density at radius 3 is 2.32 bits per heavy atom. The lowest BCUT2D eigenvalue weighted by Crippen LogP contribution is -2.24. The number of nitrogens with one attached hydrogen (secondary N) is 1. The number of esters is 1. The lowest BCUT2D eigenvalue weighted by Gasteiger charge is -2.19. The quantitative estimate of drug-likeness (QED) is 0.494. The number of rotatable bonds is 5. The van der Waals surface area contributed by atoms with E-state index < -0.39 is 5.60 Å². The van der Waals surface area contributed by atoms with Crippen LogP contribution in [0.3, 0.4) is 0 Å². The van der Waals surface area contributed by atoms with Gasteiger partial charge in [0.1, 0.15) is 5.60 Å². The van der Waals surface area contributed by atoms with Crippen molar-refractivity contribution in [2.45, 2.75) is 32.8 Å². The van der Waals surface area contributed by atoms with Crippen molar-refractivity contribution >= 4 is 18.4 Å². The summed E-state index contributed by atoms with van der Waals surface area (Å²) < 4.78 is 5.29. The van der Waals surface area contributed by atoms with Gasteiger partial charge in [-0.05, 0) is 44.9 Å². The van der Waals surface area contributed by atoms with Gasteiger partial charge >= 0.3 is 5.97 Å². The normalized spacial score (nSPS) is 10.7. The summed E-state index contributed by atoms with van der Waals surface area (Å²) in [6.45, 7) is 6.89. The van der Waals surface area contributed by atoms with Crippen LogP contribution in [-0.2, 0) is 11.2 Å². The van der Waals surface area contributed by atoms with Gasteiger partial charge in [0, 0.05) is 13.2 Å². The molecule has 5 heteroatoms. The summed E-state index contributed by atoms with van der Waals surface area (Å²) in [5, 5.41) is 3.05. The summed E-state index contributed by atoms with van der Waals surface area (Å²) in [6, 6.07) is 7.48. The van der Waals surface area contributed by atoms with Crippen molar-refractivity contribution in [3.63, 3.8) is 0 Å². The number of benzene rings is 1. The molecule has 0 aliphatic heterocycles. The second kappa shape index (κ2) is 8.15. The van der Waals surface area contributed by atoms with Crippen LogP contribution >= 0.6 is 12.4 Å². The standard InChI is InChI=1S/C14H22N2O2.ClH/c1-14(2,3)18-13(17)12-6-4-11(5-7-12)8-9-16-10-15;/h4-7,16H,8-10,15H2,1-3H3;1H. The molecule has 108 valence electrons. The first-order chi connectivity index (χ1) is 8.42. The van der Waals surface area contributed by atoms with E-state index >= 15 is 0 Å². The van der Waals surface area contributed by atoms with Gasteiger partial charge in [-0.1, -0.05) is 12.1 Å². The number of hydrogen-bond acceptors (Lipinski definition) is 4. The van der Waals surface area contributed by atoms with Crippen molar-refractivity contribution in [2.75, 3.05) is 13.2 Å². The van der Waals surface area contributed by atoms with E-state index in [2.05, 4.69) is 5.32 Å². The van der Waals surface area contributed by atoms with E-state index in [4.69, 9.17) is 10.5 Å². The molecule has 0 bridgehead atoms. The van der Waals surface area contributed by atoms with Crippen LogP contribution in [-0.4, -0.2) is 24.8 Å². The molecular weight excluding hydrogens is 264 g/mol. The molecule has 3 N–H and O–H groups in total. The predicted molar refractivity (Wildman–Crippen MR) is 79.6 cm³/mol. The molecule has 4 nitrogen and oxygen atoms in total. The van der Waals surface area contributed by atoms with E-state index in [9.17, 15) is 4.79 Å². The zero-order valence-corrected chi connectivity index (χ0v) is 12.5. The van der Waals surface area contributed by atoms with Crippen molar-refractivity contribution < 1.29 is 9.53 Å². The molecule has 0 saturated heterocycles. The van der Waals surface area contributed by atoms with Crippen molar-refractivity contribution in [1.82, 2.24) is 5.32 Å². The maximum Gasteiger partial charge on any atom is 0.338 e. The van der Waals surface area contributed by atoms with Gasteiger partial charge in [-0.3, -0.25) is 0 Å². The highest BCUT2D eigenvalue weighted by Crippen LogP contribution is 2.13. The van der Waals surface area contributed by atoms with Crippen LogP contribution in [0.2, 0.25) is 0 Å². The third kappa shape index (κ3) is 7.15. The number of nitrogens with two attached hydrogens (primary N) is 1. The molecule has 0 fully saturated rings. The van der Waals surface area contributed by atoms with Gasteiger partial charge in [0.2, 0.25) is 0 Å².